The van der Waals surface area contributed by atoms with Gasteiger partial charge in [0.25, 0.3) is 0 Å². The molecule has 1 aliphatic carbocycles. The number of carbonyl (C=O) groups is 1. The Labute approximate surface area is 122 Å². The summed E-state index contributed by atoms with van der Waals surface area (Å²) in [6, 6.07) is 3.82. The van der Waals surface area contributed by atoms with Crippen molar-refractivity contribution in [2.45, 2.75) is 36.6 Å². The van der Waals surface area contributed by atoms with Gasteiger partial charge >= 0.3 is 0 Å². The van der Waals surface area contributed by atoms with Crippen LogP contribution < -0.4 is 0 Å². The van der Waals surface area contributed by atoms with Crippen LogP contribution in [0.1, 0.15) is 38.0 Å². The van der Waals surface area contributed by atoms with E-state index < -0.39 is 4.33 Å². The number of rotatable bonds is 2. The van der Waals surface area contributed by atoms with E-state index in [0.717, 1.165) is 25.1 Å². The predicted molar refractivity (Wildman–Crippen MR) is 74.1 cm³/mol. The first-order valence-corrected chi connectivity index (χ1v) is 7.46. The highest BCUT2D eigenvalue weighted by Crippen LogP contribution is 2.55. The lowest BCUT2D eigenvalue weighted by Gasteiger charge is -2.37. The van der Waals surface area contributed by atoms with Crippen LogP contribution >= 0.6 is 23.2 Å². The molecule has 3 nitrogen and oxygen atoms in total. The Bertz CT molecular complexity index is 472. The van der Waals surface area contributed by atoms with Crippen molar-refractivity contribution in [3.63, 3.8) is 0 Å². The molecule has 0 spiro atoms. The highest BCUT2D eigenvalue weighted by Gasteiger charge is 2.58. The summed E-state index contributed by atoms with van der Waals surface area (Å²) in [5.41, 5.74) is 0. The second-order valence-electron chi connectivity index (χ2n) is 5.71. The van der Waals surface area contributed by atoms with Crippen molar-refractivity contribution >= 4 is 29.1 Å². The summed E-state index contributed by atoms with van der Waals surface area (Å²) in [5, 5.41) is 0. The van der Waals surface area contributed by atoms with Gasteiger partial charge < -0.3 is 9.32 Å². The molecule has 1 aliphatic heterocycles. The van der Waals surface area contributed by atoms with E-state index in [9.17, 15) is 4.79 Å². The molecule has 3 atom stereocenters. The third-order valence-corrected chi connectivity index (χ3v) is 4.98. The zero-order valence-corrected chi connectivity index (χ0v) is 12.3. The van der Waals surface area contributed by atoms with Gasteiger partial charge in [-0.1, -0.05) is 6.92 Å². The maximum absolute atomic E-state index is 12.5. The summed E-state index contributed by atoms with van der Waals surface area (Å²) >= 11 is 12.0. The maximum Gasteiger partial charge on any atom is 0.229 e. The largest absolute Gasteiger partial charge is 0.467 e. The van der Waals surface area contributed by atoms with E-state index in [-0.39, 0.29) is 17.9 Å². The molecule has 1 saturated heterocycles. The number of halogens is 2. The van der Waals surface area contributed by atoms with Crippen LogP contribution in [0.25, 0.3) is 0 Å². The third-order valence-electron chi connectivity index (χ3n) is 4.14. The maximum atomic E-state index is 12.5. The highest BCUT2D eigenvalue weighted by atomic mass is 35.5. The van der Waals surface area contributed by atoms with Crippen molar-refractivity contribution < 1.29 is 9.21 Å². The molecule has 3 rings (SSSR count). The molecule has 0 unspecified atom stereocenters. The molecule has 1 amide bonds. The molecule has 2 heterocycles. The lowest BCUT2D eigenvalue weighted by atomic mass is 9.90. The standard InChI is InChI=1S/C14H17Cl2NO2/c1-9-4-5-17(13(18)10-8-14(10,15)16)11(7-9)12-3-2-6-19-12/h2-3,6,9-11H,4-5,7-8H2,1H3/t9-,10+,11-/m1/s1. The average Bonchev–Trinajstić information content (AvgIpc) is 2.81. The van der Waals surface area contributed by atoms with Gasteiger partial charge in [0.05, 0.1) is 18.2 Å². The lowest BCUT2D eigenvalue weighted by Crippen LogP contribution is -2.42. The number of hydrogen-bond acceptors (Lipinski definition) is 2. The van der Waals surface area contributed by atoms with Gasteiger partial charge in [0.15, 0.2) is 0 Å². The van der Waals surface area contributed by atoms with Gasteiger partial charge in [-0.3, -0.25) is 4.79 Å². The predicted octanol–water partition coefficient (Wildman–Crippen LogP) is 3.77. The van der Waals surface area contributed by atoms with Crippen molar-refractivity contribution in [2.24, 2.45) is 11.8 Å². The van der Waals surface area contributed by atoms with E-state index in [4.69, 9.17) is 27.6 Å². The van der Waals surface area contributed by atoms with Crippen molar-refractivity contribution in [2.75, 3.05) is 6.54 Å². The fraction of sp³-hybridized carbons (Fsp3) is 0.643. The number of amides is 1. The summed E-state index contributed by atoms with van der Waals surface area (Å²) in [6.45, 7) is 2.97. The minimum atomic E-state index is -0.853. The molecule has 1 aromatic heterocycles. The average molecular weight is 302 g/mol. The quantitative estimate of drug-likeness (QED) is 0.779. The smallest absolute Gasteiger partial charge is 0.229 e. The highest BCUT2D eigenvalue weighted by molar-refractivity contribution is 6.52. The van der Waals surface area contributed by atoms with Gasteiger partial charge in [-0.25, -0.2) is 0 Å². The van der Waals surface area contributed by atoms with E-state index in [1.807, 2.05) is 17.0 Å². The molecule has 0 aromatic carbocycles. The van der Waals surface area contributed by atoms with Crippen molar-refractivity contribution in [1.29, 1.82) is 0 Å². The minimum absolute atomic E-state index is 0.0241. The molecule has 19 heavy (non-hydrogen) atoms. The van der Waals surface area contributed by atoms with Gasteiger partial charge in [-0.15, -0.1) is 23.2 Å². The van der Waals surface area contributed by atoms with Crippen LogP contribution in [-0.2, 0) is 4.79 Å². The Balaban J connectivity index is 1.80. The normalized spacial score (nSPS) is 33.2. The van der Waals surface area contributed by atoms with E-state index in [2.05, 4.69) is 6.92 Å². The van der Waals surface area contributed by atoms with E-state index in [0.29, 0.717) is 12.3 Å². The molecular formula is C14H17Cl2NO2. The zero-order valence-electron chi connectivity index (χ0n) is 10.8. The summed E-state index contributed by atoms with van der Waals surface area (Å²) in [7, 11) is 0. The Morgan fingerprint density at radius 2 is 2.26 bits per heavy atom. The second-order valence-corrected chi connectivity index (χ2v) is 7.25. The van der Waals surface area contributed by atoms with Crippen LogP contribution in [0.4, 0.5) is 0 Å². The first-order valence-electron chi connectivity index (χ1n) is 6.71. The number of nitrogens with zero attached hydrogens (tertiary/aromatic N) is 1. The minimum Gasteiger partial charge on any atom is -0.467 e. The van der Waals surface area contributed by atoms with E-state index in [1.54, 1.807) is 6.26 Å². The van der Waals surface area contributed by atoms with Crippen molar-refractivity contribution in [3.05, 3.63) is 24.2 Å². The summed E-state index contributed by atoms with van der Waals surface area (Å²) in [4.78, 5) is 14.4. The molecule has 1 saturated carbocycles. The molecule has 104 valence electrons. The Hall–Kier alpha value is -0.670. The number of carbonyl (C=O) groups excluding carboxylic acids is 1. The number of furan rings is 1. The molecule has 0 bridgehead atoms. The van der Waals surface area contributed by atoms with Crippen LogP contribution in [0.2, 0.25) is 0 Å². The number of likely N-dealkylation sites (tertiary alicyclic amines) is 1. The first-order chi connectivity index (χ1) is 8.99. The van der Waals surface area contributed by atoms with Crippen molar-refractivity contribution in [3.8, 4) is 0 Å². The lowest BCUT2D eigenvalue weighted by molar-refractivity contribution is -0.137. The summed E-state index contributed by atoms with van der Waals surface area (Å²) in [6.07, 6.45) is 4.17. The van der Waals surface area contributed by atoms with Crippen LogP contribution in [0.3, 0.4) is 0 Å². The molecule has 2 aliphatic rings. The topological polar surface area (TPSA) is 33.5 Å². The molecule has 5 heteroatoms. The first kappa shape index (κ1) is 13.3. The fourth-order valence-electron chi connectivity index (χ4n) is 2.84. The number of piperidine rings is 1. The van der Waals surface area contributed by atoms with Crippen molar-refractivity contribution in [1.82, 2.24) is 4.90 Å². The molecular weight excluding hydrogens is 285 g/mol. The van der Waals surface area contributed by atoms with Gasteiger partial charge in [-0.2, -0.15) is 0 Å². The molecule has 1 aromatic rings. The fourth-order valence-corrected chi connectivity index (χ4v) is 3.33. The Kier molecular flexibility index (Phi) is 3.30. The van der Waals surface area contributed by atoms with Crippen LogP contribution in [0.5, 0.6) is 0 Å². The Morgan fingerprint density at radius 3 is 2.84 bits per heavy atom. The number of alkyl halides is 2. The summed E-state index contributed by atoms with van der Waals surface area (Å²) < 4.78 is 4.64. The van der Waals surface area contributed by atoms with Gasteiger partial charge in [0.2, 0.25) is 5.91 Å². The van der Waals surface area contributed by atoms with Gasteiger partial charge in [0.1, 0.15) is 10.1 Å². The molecule has 0 radical (unpaired) electrons. The number of hydrogen-bond donors (Lipinski definition) is 0. The van der Waals surface area contributed by atoms with Crippen LogP contribution in [-0.4, -0.2) is 21.7 Å². The Morgan fingerprint density at radius 1 is 1.53 bits per heavy atom. The molecule has 0 N–H and O–H groups in total. The second kappa shape index (κ2) is 4.71. The van der Waals surface area contributed by atoms with Crippen LogP contribution in [0.15, 0.2) is 22.8 Å². The SMILES string of the molecule is C[C@@H]1CCN(C(=O)[C@@H]2CC2(Cl)Cl)[C@@H](c2ccco2)C1. The van der Waals surface area contributed by atoms with Gasteiger partial charge in [0, 0.05) is 6.54 Å². The summed E-state index contributed by atoms with van der Waals surface area (Å²) in [5.74, 6) is 1.27. The zero-order chi connectivity index (χ0) is 13.6. The van der Waals surface area contributed by atoms with Gasteiger partial charge in [-0.05, 0) is 37.3 Å². The van der Waals surface area contributed by atoms with Crippen LogP contribution in [0, 0.1) is 11.8 Å². The molecule has 2 fully saturated rings. The van der Waals surface area contributed by atoms with E-state index >= 15 is 0 Å². The third kappa shape index (κ3) is 2.50. The monoisotopic (exact) mass is 301 g/mol. The van der Waals surface area contributed by atoms with E-state index in [1.165, 1.54) is 0 Å².